The van der Waals surface area contributed by atoms with Gasteiger partial charge in [0.05, 0.1) is 23.8 Å². The molecule has 1 amide bonds. The molecule has 0 saturated carbocycles. The number of rotatable bonds is 5. The molecule has 0 aliphatic rings. The maximum Gasteiger partial charge on any atom is 0.255 e. The summed E-state index contributed by atoms with van der Waals surface area (Å²) in [5, 5.41) is 2.99. The van der Waals surface area contributed by atoms with Crippen molar-refractivity contribution in [3.8, 4) is 5.75 Å². The lowest BCUT2D eigenvalue weighted by molar-refractivity contribution is 0.0973. The molecule has 1 aromatic heterocycles. The summed E-state index contributed by atoms with van der Waals surface area (Å²) in [7, 11) is 1.59. The van der Waals surface area contributed by atoms with Gasteiger partial charge in [-0.2, -0.15) is 0 Å². The number of methoxy groups -OCH3 is 1. The first-order chi connectivity index (χ1) is 14.1. The second-order valence-electron chi connectivity index (χ2n) is 6.39. The fraction of sp³-hybridized carbons (Fsp3) is 0.0435. The number of carbonyl (C=O) groups excluding carboxylic acids is 1. The van der Waals surface area contributed by atoms with E-state index in [1.54, 1.807) is 31.4 Å². The third-order valence-electron chi connectivity index (χ3n) is 4.43. The normalized spacial score (nSPS) is 11.4. The van der Waals surface area contributed by atoms with Crippen molar-refractivity contribution in [1.82, 2.24) is 15.3 Å². The molecule has 5 nitrogen and oxygen atoms in total. The number of carbonyl (C=O) groups is 1. The number of nitrogens with zero attached hydrogens (tertiary/aromatic N) is 1. The molecule has 0 aliphatic heterocycles. The largest absolute Gasteiger partial charge is 0.497 e. The van der Waals surface area contributed by atoms with Crippen LogP contribution >= 0.6 is 15.9 Å². The van der Waals surface area contributed by atoms with Gasteiger partial charge in [-0.3, -0.25) is 4.79 Å². The summed E-state index contributed by atoms with van der Waals surface area (Å²) < 4.78 is 6.15. The molecule has 0 bridgehead atoms. The Labute approximate surface area is 176 Å². The number of H-pyrrole nitrogens is 1. The quantitative estimate of drug-likeness (QED) is 0.438. The van der Waals surface area contributed by atoms with Gasteiger partial charge in [-0.15, -0.1) is 0 Å². The molecule has 2 N–H and O–H groups in total. The van der Waals surface area contributed by atoms with Gasteiger partial charge in [-0.05, 0) is 60.2 Å². The van der Waals surface area contributed by atoms with E-state index in [0.717, 1.165) is 21.1 Å². The predicted octanol–water partition coefficient (Wildman–Crippen LogP) is 5.26. The number of aromatic amines is 1. The van der Waals surface area contributed by atoms with Gasteiger partial charge >= 0.3 is 0 Å². The van der Waals surface area contributed by atoms with E-state index in [2.05, 4.69) is 31.2 Å². The Morgan fingerprint density at radius 3 is 2.45 bits per heavy atom. The van der Waals surface area contributed by atoms with Crippen LogP contribution in [0.15, 0.2) is 77.3 Å². The summed E-state index contributed by atoms with van der Waals surface area (Å²) in [6.07, 6.45) is 1.89. The van der Waals surface area contributed by atoms with Gasteiger partial charge < -0.3 is 15.0 Å². The zero-order valence-electron chi connectivity index (χ0n) is 15.6. The molecule has 29 heavy (non-hydrogen) atoms. The molecule has 0 radical (unpaired) electrons. The first kappa shape index (κ1) is 19.0. The first-order valence-electron chi connectivity index (χ1n) is 9.00. The van der Waals surface area contributed by atoms with Crippen LogP contribution < -0.4 is 10.1 Å². The second kappa shape index (κ2) is 8.32. The standard InChI is InChI=1S/C23H18BrN3O2/c1-29-18-12-8-16(9-13-18)23(28)27-21(14-15-6-10-17(24)11-7-15)22-25-19-4-2-3-5-20(19)26-22/h2-14H,1H3,(H,25,26)(H,27,28)/b21-14-. The summed E-state index contributed by atoms with van der Waals surface area (Å²) in [6.45, 7) is 0. The minimum absolute atomic E-state index is 0.225. The Bertz CT molecular complexity index is 1150. The average Bonchev–Trinajstić information content (AvgIpc) is 3.19. The predicted molar refractivity (Wildman–Crippen MR) is 119 cm³/mol. The van der Waals surface area contributed by atoms with Crippen LogP contribution in [0.25, 0.3) is 22.8 Å². The third kappa shape index (κ3) is 4.38. The number of hydrogen-bond donors (Lipinski definition) is 2. The van der Waals surface area contributed by atoms with Crippen LogP contribution in [0.5, 0.6) is 5.75 Å². The van der Waals surface area contributed by atoms with E-state index in [9.17, 15) is 4.79 Å². The highest BCUT2D eigenvalue weighted by Crippen LogP contribution is 2.20. The van der Waals surface area contributed by atoms with Gasteiger partial charge in [0.15, 0.2) is 5.82 Å². The van der Waals surface area contributed by atoms with Crippen molar-refractivity contribution in [1.29, 1.82) is 0 Å². The van der Waals surface area contributed by atoms with Gasteiger partial charge in [0.25, 0.3) is 5.91 Å². The molecule has 4 rings (SSSR count). The van der Waals surface area contributed by atoms with E-state index in [0.29, 0.717) is 22.8 Å². The fourth-order valence-electron chi connectivity index (χ4n) is 2.91. The van der Waals surface area contributed by atoms with E-state index in [1.807, 2.05) is 54.6 Å². The molecule has 0 spiro atoms. The van der Waals surface area contributed by atoms with Crippen molar-refractivity contribution < 1.29 is 9.53 Å². The van der Waals surface area contributed by atoms with Crippen molar-refractivity contribution >= 4 is 44.6 Å². The summed E-state index contributed by atoms with van der Waals surface area (Å²) in [5.74, 6) is 1.07. The summed E-state index contributed by atoms with van der Waals surface area (Å²) >= 11 is 3.44. The van der Waals surface area contributed by atoms with Crippen molar-refractivity contribution in [2.45, 2.75) is 0 Å². The van der Waals surface area contributed by atoms with Crippen molar-refractivity contribution in [3.63, 3.8) is 0 Å². The van der Waals surface area contributed by atoms with Gasteiger partial charge in [0.2, 0.25) is 0 Å². The van der Waals surface area contributed by atoms with Crippen molar-refractivity contribution in [2.24, 2.45) is 0 Å². The number of benzene rings is 3. The molecule has 0 atom stereocenters. The number of hydrogen-bond acceptors (Lipinski definition) is 3. The number of ether oxygens (including phenoxy) is 1. The molecule has 0 fully saturated rings. The summed E-state index contributed by atoms with van der Waals surface area (Å²) in [4.78, 5) is 20.8. The number of nitrogens with one attached hydrogen (secondary N) is 2. The second-order valence-corrected chi connectivity index (χ2v) is 7.31. The van der Waals surface area contributed by atoms with E-state index < -0.39 is 0 Å². The van der Waals surface area contributed by atoms with Gasteiger partial charge in [0, 0.05) is 10.0 Å². The zero-order chi connectivity index (χ0) is 20.2. The van der Waals surface area contributed by atoms with Crippen LogP contribution in [0.2, 0.25) is 0 Å². The lowest BCUT2D eigenvalue weighted by Gasteiger charge is -2.09. The van der Waals surface area contributed by atoms with E-state index in [-0.39, 0.29) is 5.91 Å². The molecule has 144 valence electrons. The molecule has 6 heteroatoms. The highest BCUT2D eigenvalue weighted by Gasteiger charge is 2.13. The Balaban J connectivity index is 1.70. The van der Waals surface area contributed by atoms with Crippen LogP contribution in [-0.4, -0.2) is 23.0 Å². The Kier molecular flexibility index (Phi) is 5.44. The monoisotopic (exact) mass is 447 g/mol. The molecule has 3 aromatic carbocycles. The van der Waals surface area contributed by atoms with E-state index >= 15 is 0 Å². The molecular formula is C23H18BrN3O2. The summed E-state index contributed by atoms with van der Waals surface area (Å²) in [5.41, 5.74) is 3.80. The molecule has 0 unspecified atom stereocenters. The van der Waals surface area contributed by atoms with Crippen LogP contribution in [0.3, 0.4) is 0 Å². The van der Waals surface area contributed by atoms with E-state index in [4.69, 9.17) is 4.74 Å². The van der Waals surface area contributed by atoms with Gasteiger partial charge in [-0.1, -0.05) is 40.2 Å². The maximum absolute atomic E-state index is 12.8. The number of para-hydroxylation sites is 2. The number of imidazole rings is 1. The maximum atomic E-state index is 12.8. The molecule has 0 saturated heterocycles. The van der Waals surface area contributed by atoms with Crippen LogP contribution in [-0.2, 0) is 0 Å². The van der Waals surface area contributed by atoms with E-state index in [1.165, 1.54) is 0 Å². The summed E-state index contributed by atoms with van der Waals surface area (Å²) in [6, 6.07) is 22.6. The highest BCUT2D eigenvalue weighted by atomic mass is 79.9. The zero-order valence-corrected chi connectivity index (χ0v) is 17.2. The molecule has 1 heterocycles. The van der Waals surface area contributed by atoms with Gasteiger partial charge in [0.1, 0.15) is 5.75 Å². The van der Waals surface area contributed by atoms with Crippen molar-refractivity contribution in [2.75, 3.05) is 7.11 Å². The first-order valence-corrected chi connectivity index (χ1v) is 9.79. The minimum atomic E-state index is -0.225. The molecule has 0 aliphatic carbocycles. The average molecular weight is 448 g/mol. The number of amides is 1. The lowest BCUT2D eigenvalue weighted by Crippen LogP contribution is -2.22. The fourth-order valence-corrected chi connectivity index (χ4v) is 3.17. The lowest BCUT2D eigenvalue weighted by atomic mass is 10.1. The Morgan fingerprint density at radius 2 is 1.76 bits per heavy atom. The topological polar surface area (TPSA) is 67.0 Å². The minimum Gasteiger partial charge on any atom is -0.497 e. The SMILES string of the molecule is COc1ccc(C(=O)N/C(=C\c2ccc(Br)cc2)c2nc3ccccc3[nH]2)cc1. The van der Waals surface area contributed by atoms with Crippen LogP contribution in [0.1, 0.15) is 21.7 Å². The number of fused-ring (bicyclic) bond motifs is 1. The highest BCUT2D eigenvalue weighted by molar-refractivity contribution is 9.10. The number of aromatic nitrogens is 2. The smallest absolute Gasteiger partial charge is 0.255 e. The van der Waals surface area contributed by atoms with Gasteiger partial charge in [-0.25, -0.2) is 4.98 Å². The third-order valence-corrected chi connectivity index (χ3v) is 4.95. The Morgan fingerprint density at radius 1 is 1.03 bits per heavy atom. The van der Waals surface area contributed by atoms with Crippen molar-refractivity contribution in [3.05, 3.63) is 94.2 Å². The number of halogens is 1. The Hall–Kier alpha value is -3.38. The van der Waals surface area contributed by atoms with Crippen LogP contribution in [0, 0.1) is 0 Å². The van der Waals surface area contributed by atoms with Crippen LogP contribution in [0.4, 0.5) is 0 Å². The molecular weight excluding hydrogens is 430 g/mol. The molecule has 4 aromatic rings.